The Labute approximate surface area is 194 Å². The van der Waals surface area contributed by atoms with Crippen LogP contribution in [0.1, 0.15) is 42.8 Å². The molecule has 3 aromatic rings. The van der Waals surface area contributed by atoms with E-state index in [0.717, 1.165) is 55.1 Å². The number of anilines is 1. The Morgan fingerprint density at radius 1 is 1.12 bits per heavy atom. The standard InChI is InChI=1S/C26H33F2N5/c1-18-15-22-21-5-2-3-6-23(21)31-25(22)26(33(18)14-11-28)24-8-7-19(16-29-24)30-20-9-13-32(17-20)12-4-10-27/h2-3,5-8,16,18,20,26,30-31H,4,9-15,17H2,1H3/t18-,20+,26-/m1/s1. The number of likely N-dealkylation sites (tertiary alicyclic amines) is 1. The summed E-state index contributed by atoms with van der Waals surface area (Å²) in [6, 6.07) is 13.0. The fourth-order valence-corrected chi connectivity index (χ4v) is 5.60. The number of rotatable bonds is 8. The third kappa shape index (κ3) is 4.49. The number of H-pyrrole nitrogens is 1. The predicted molar refractivity (Wildman–Crippen MR) is 129 cm³/mol. The molecule has 5 nitrogen and oxygen atoms in total. The number of para-hydroxylation sites is 1. The van der Waals surface area contributed by atoms with E-state index in [2.05, 4.69) is 57.4 Å². The van der Waals surface area contributed by atoms with Crippen molar-refractivity contribution < 1.29 is 8.78 Å². The Morgan fingerprint density at radius 3 is 2.79 bits per heavy atom. The zero-order valence-corrected chi connectivity index (χ0v) is 19.2. The van der Waals surface area contributed by atoms with Crippen LogP contribution < -0.4 is 5.32 Å². The van der Waals surface area contributed by atoms with Gasteiger partial charge in [-0.2, -0.15) is 0 Å². The maximum Gasteiger partial charge on any atom is 0.102 e. The lowest BCUT2D eigenvalue weighted by molar-refractivity contribution is 0.135. The molecule has 4 heterocycles. The normalized spacial score (nSPS) is 23.8. The number of benzene rings is 1. The summed E-state index contributed by atoms with van der Waals surface area (Å²) in [6.07, 6.45) is 4.45. The number of hydrogen-bond acceptors (Lipinski definition) is 4. The maximum atomic E-state index is 13.5. The average molecular weight is 454 g/mol. The predicted octanol–water partition coefficient (Wildman–Crippen LogP) is 4.71. The lowest BCUT2D eigenvalue weighted by Gasteiger charge is -2.40. The minimum absolute atomic E-state index is 0.0939. The van der Waals surface area contributed by atoms with Gasteiger partial charge in [-0.05, 0) is 49.9 Å². The fraction of sp³-hybridized carbons (Fsp3) is 0.500. The first-order chi connectivity index (χ1) is 16.2. The van der Waals surface area contributed by atoms with Crippen molar-refractivity contribution in [3.63, 3.8) is 0 Å². The van der Waals surface area contributed by atoms with Crippen LogP contribution in [0.25, 0.3) is 10.9 Å². The van der Waals surface area contributed by atoms with Crippen LogP contribution in [0.15, 0.2) is 42.6 Å². The first kappa shape index (κ1) is 22.3. The maximum absolute atomic E-state index is 13.5. The highest BCUT2D eigenvalue weighted by Gasteiger charge is 2.36. The second kappa shape index (κ2) is 9.77. The highest BCUT2D eigenvalue weighted by Crippen LogP contribution is 2.40. The highest BCUT2D eigenvalue weighted by molar-refractivity contribution is 5.85. The summed E-state index contributed by atoms with van der Waals surface area (Å²) in [6.45, 7) is 4.70. The zero-order chi connectivity index (χ0) is 22.8. The minimum Gasteiger partial charge on any atom is -0.380 e. The van der Waals surface area contributed by atoms with E-state index in [0.29, 0.717) is 19.0 Å². The molecule has 1 fully saturated rings. The van der Waals surface area contributed by atoms with Crippen molar-refractivity contribution in [3.8, 4) is 0 Å². The van der Waals surface area contributed by atoms with Crippen LogP contribution in [0, 0.1) is 0 Å². The summed E-state index contributed by atoms with van der Waals surface area (Å²) < 4.78 is 26.0. The summed E-state index contributed by atoms with van der Waals surface area (Å²) in [5.41, 5.74) is 5.51. The van der Waals surface area contributed by atoms with E-state index in [4.69, 9.17) is 4.98 Å². The molecule has 5 rings (SSSR count). The third-order valence-corrected chi connectivity index (χ3v) is 7.18. The molecule has 1 aromatic carbocycles. The van der Waals surface area contributed by atoms with Gasteiger partial charge in [-0.1, -0.05) is 18.2 Å². The summed E-state index contributed by atoms with van der Waals surface area (Å²) in [5.74, 6) is 0. The van der Waals surface area contributed by atoms with E-state index in [9.17, 15) is 8.78 Å². The molecule has 0 bridgehead atoms. The van der Waals surface area contributed by atoms with Gasteiger partial charge in [0.1, 0.15) is 6.67 Å². The number of fused-ring (bicyclic) bond motifs is 3. The molecule has 0 amide bonds. The van der Waals surface area contributed by atoms with Gasteiger partial charge in [-0.3, -0.25) is 14.3 Å². The Morgan fingerprint density at radius 2 is 2.00 bits per heavy atom. The lowest BCUT2D eigenvalue weighted by Crippen LogP contribution is -2.44. The van der Waals surface area contributed by atoms with Gasteiger partial charge in [0, 0.05) is 54.9 Å². The smallest absolute Gasteiger partial charge is 0.102 e. The number of pyridine rings is 1. The molecule has 2 aliphatic heterocycles. The summed E-state index contributed by atoms with van der Waals surface area (Å²) in [7, 11) is 0. The van der Waals surface area contributed by atoms with Gasteiger partial charge in [0.15, 0.2) is 0 Å². The van der Waals surface area contributed by atoms with E-state index in [1.54, 1.807) is 0 Å². The number of aromatic nitrogens is 2. The van der Waals surface area contributed by atoms with E-state index in [1.165, 1.54) is 10.9 Å². The number of hydrogen-bond donors (Lipinski definition) is 2. The highest BCUT2D eigenvalue weighted by atomic mass is 19.1. The molecule has 3 atom stereocenters. The molecule has 2 aromatic heterocycles. The molecule has 1 saturated heterocycles. The number of alkyl halides is 2. The Balaban J connectivity index is 1.38. The molecule has 0 saturated carbocycles. The van der Waals surface area contributed by atoms with E-state index in [1.807, 2.05) is 12.3 Å². The van der Waals surface area contributed by atoms with E-state index < -0.39 is 0 Å². The number of nitrogens with one attached hydrogen (secondary N) is 2. The van der Waals surface area contributed by atoms with Crippen LogP contribution >= 0.6 is 0 Å². The zero-order valence-electron chi connectivity index (χ0n) is 19.2. The minimum atomic E-state index is -0.378. The van der Waals surface area contributed by atoms with E-state index in [-0.39, 0.29) is 25.4 Å². The first-order valence-electron chi connectivity index (χ1n) is 12.1. The molecule has 2 N–H and O–H groups in total. The third-order valence-electron chi connectivity index (χ3n) is 7.18. The second-order valence-electron chi connectivity index (χ2n) is 9.39. The molecule has 0 spiro atoms. The SMILES string of the molecule is C[C@@H]1Cc2c([nH]c3ccccc23)[C@@H](c2ccc(N[C@H]3CCN(CCCF)C3)cn2)N1CCF. The van der Waals surface area contributed by atoms with Crippen molar-refractivity contribution in [2.24, 2.45) is 0 Å². The van der Waals surface area contributed by atoms with Crippen molar-refractivity contribution in [3.05, 3.63) is 59.5 Å². The van der Waals surface area contributed by atoms with E-state index >= 15 is 0 Å². The first-order valence-corrected chi connectivity index (χ1v) is 12.1. The number of halogens is 2. The largest absolute Gasteiger partial charge is 0.380 e. The molecular weight excluding hydrogens is 420 g/mol. The van der Waals surface area contributed by atoms with Crippen LogP contribution in [0.3, 0.4) is 0 Å². The summed E-state index contributed by atoms with van der Waals surface area (Å²) >= 11 is 0. The van der Waals surface area contributed by atoms with Gasteiger partial charge >= 0.3 is 0 Å². The molecule has 2 aliphatic rings. The Hall–Kier alpha value is -2.51. The quantitative estimate of drug-likeness (QED) is 0.518. The van der Waals surface area contributed by atoms with Gasteiger partial charge in [0.05, 0.1) is 30.3 Å². The van der Waals surface area contributed by atoms with Crippen LogP contribution in [0.4, 0.5) is 14.5 Å². The average Bonchev–Trinajstić information content (AvgIpc) is 3.43. The molecule has 7 heteroatoms. The topological polar surface area (TPSA) is 47.2 Å². The number of nitrogens with zero attached hydrogens (tertiary/aromatic N) is 3. The summed E-state index contributed by atoms with van der Waals surface area (Å²) in [4.78, 5) is 13.0. The monoisotopic (exact) mass is 453 g/mol. The molecule has 33 heavy (non-hydrogen) atoms. The van der Waals surface area contributed by atoms with Gasteiger partial charge in [-0.25, -0.2) is 4.39 Å². The molecule has 0 radical (unpaired) electrons. The number of aromatic amines is 1. The van der Waals surface area contributed by atoms with Gasteiger partial charge < -0.3 is 15.2 Å². The van der Waals surface area contributed by atoms with Crippen molar-refractivity contribution in [1.82, 2.24) is 19.8 Å². The van der Waals surface area contributed by atoms with Gasteiger partial charge in [-0.15, -0.1) is 0 Å². The van der Waals surface area contributed by atoms with Crippen molar-refractivity contribution in [1.29, 1.82) is 0 Å². The van der Waals surface area contributed by atoms with Crippen molar-refractivity contribution >= 4 is 16.6 Å². The van der Waals surface area contributed by atoms with Crippen molar-refractivity contribution in [2.45, 2.75) is 44.3 Å². The van der Waals surface area contributed by atoms with Crippen LogP contribution in [0.5, 0.6) is 0 Å². The summed E-state index contributed by atoms with van der Waals surface area (Å²) in [5, 5.41) is 4.83. The second-order valence-corrected chi connectivity index (χ2v) is 9.39. The molecule has 0 unspecified atom stereocenters. The van der Waals surface area contributed by atoms with Crippen LogP contribution in [0.2, 0.25) is 0 Å². The molecular formula is C26H33F2N5. The Kier molecular flexibility index (Phi) is 6.60. The molecule has 0 aliphatic carbocycles. The van der Waals surface area contributed by atoms with Gasteiger partial charge in [0.25, 0.3) is 0 Å². The molecule has 176 valence electrons. The fourth-order valence-electron chi connectivity index (χ4n) is 5.60. The Bertz CT molecular complexity index is 1070. The lowest BCUT2D eigenvalue weighted by atomic mass is 9.90. The van der Waals surface area contributed by atoms with Crippen molar-refractivity contribution in [2.75, 3.05) is 44.8 Å². The van der Waals surface area contributed by atoms with Crippen LogP contribution in [-0.4, -0.2) is 71.4 Å². The van der Waals surface area contributed by atoms with Crippen LogP contribution in [-0.2, 0) is 6.42 Å². The van der Waals surface area contributed by atoms with Gasteiger partial charge in [0.2, 0.25) is 0 Å².